The fraction of sp³-hybridized carbons (Fsp3) is 0. The summed E-state index contributed by atoms with van der Waals surface area (Å²) in [5, 5.41) is 3.86. The van der Waals surface area contributed by atoms with E-state index in [9.17, 15) is 4.79 Å². The van der Waals surface area contributed by atoms with E-state index in [1.807, 2.05) is 0 Å². The molecule has 2 aromatic rings. The van der Waals surface area contributed by atoms with Crippen molar-refractivity contribution < 1.29 is 9.53 Å². The maximum atomic E-state index is 11.4. The number of aromatic nitrogens is 3. The number of carbonyl (C=O) groups excluding carboxylic acids is 1. The number of ether oxygens (including phenoxy) is 1. The quantitative estimate of drug-likeness (QED) is 0.694. The van der Waals surface area contributed by atoms with Crippen molar-refractivity contribution >= 4 is 17.7 Å². The largest absolute Gasteiger partial charge is 0.440 e. The molecule has 0 aliphatic heterocycles. The van der Waals surface area contributed by atoms with Gasteiger partial charge in [0.05, 0.1) is 0 Å². The standard InChI is InChI=1S/C9H6ClN3O2/c10-8-7(3-1-4-11-8)15-9(14)13-6-2-5-12-13/h1-6H. The molecule has 0 aliphatic rings. The van der Waals surface area contributed by atoms with E-state index >= 15 is 0 Å². The molecule has 2 heterocycles. The number of hydrogen-bond donors (Lipinski definition) is 0. The van der Waals surface area contributed by atoms with E-state index in [1.54, 1.807) is 18.2 Å². The zero-order valence-corrected chi connectivity index (χ0v) is 8.26. The molecular weight excluding hydrogens is 218 g/mol. The van der Waals surface area contributed by atoms with E-state index in [0.29, 0.717) is 0 Å². The van der Waals surface area contributed by atoms with Crippen molar-refractivity contribution in [3.63, 3.8) is 0 Å². The lowest BCUT2D eigenvalue weighted by atomic mass is 10.5. The molecule has 0 amide bonds. The number of rotatable bonds is 1. The summed E-state index contributed by atoms with van der Waals surface area (Å²) in [4.78, 5) is 15.2. The highest BCUT2D eigenvalue weighted by molar-refractivity contribution is 6.30. The lowest BCUT2D eigenvalue weighted by Crippen LogP contribution is -2.17. The third kappa shape index (κ3) is 2.13. The van der Waals surface area contributed by atoms with Crippen LogP contribution in [0.25, 0.3) is 0 Å². The molecule has 0 unspecified atom stereocenters. The van der Waals surface area contributed by atoms with Gasteiger partial charge in [-0.15, -0.1) is 0 Å². The molecule has 0 atom stereocenters. The topological polar surface area (TPSA) is 57.0 Å². The van der Waals surface area contributed by atoms with Gasteiger partial charge in [0.1, 0.15) is 0 Å². The monoisotopic (exact) mass is 223 g/mol. The Hall–Kier alpha value is -1.88. The summed E-state index contributed by atoms with van der Waals surface area (Å²) < 4.78 is 6.02. The molecule has 0 saturated carbocycles. The highest BCUT2D eigenvalue weighted by Crippen LogP contribution is 2.20. The molecule has 76 valence electrons. The second-order valence-electron chi connectivity index (χ2n) is 2.61. The summed E-state index contributed by atoms with van der Waals surface area (Å²) in [5.41, 5.74) is 0. The van der Waals surface area contributed by atoms with Crippen molar-refractivity contribution in [3.05, 3.63) is 41.9 Å². The van der Waals surface area contributed by atoms with Crippen LogP contribution in [0.1, 0.15) is 0 Å². The van der Waals surface area contributed by atoms with Gasteiger partial charge in [0.15, 0.2) is 10.9 Å². The van der Waals surface area contributed by atoms with Crippen LogP contribution in [-0.2, 0) is 0 Å². The maximum Gasteiger partial charge on any atom is 0.440 e. The van der Waals surface area contributed by atoms with Crippen molar-refractivity contribution in [1.29, 1.82) is 0 Å². The van der Waals surface area contributed by atoms with Crippen LogP contribution in [0.5, 0.6) is 5.75 Å². The van der Waals surface area contributed by atoms with Gasteiger partial charge in [-0.2, -0.15) is 9.78 Å². The lowest BCUT2D eigenvalue weighted by molar-refractivity contribution is 0.198. The summed E-state index contributed by atoms with van der Waals surface area (Å²) >= 11 is 5.71. The fourth-order valence-corrected chi connectivity index (χ4v) is 1.12. The summed E-state index contributed by atoms with van der Waals surface area (Å²) in [6, 6.07) is 4.79. The van der Waals surface area contributed by atoms with Crippen molar-refractivity contribution in [2.45, 2.75) is 0 Å². The molecule has 0 radical (unpaired) electrons. The Morgan fingerprint density at radius 1 is 1.40 bits per heavy atom. The Morgan fingerprint density at radius 3 is 2.93 bits per heavy atom. The maximum absolute atomic E-state index is 11.4. The van der Waals surface area contributed by atoms with Crippen LogP contribution in [0.15, 0.2) is 36.8 Å². The van der Waals surface area contributed by atoms with Gasteiger partial charge < -0.3 is 4.74 Å². The van der Waals surface area contributed by atoms with Gasteiger partial charge in [0, 0.05) is 18.6 Å². The number of carbonyl (C=O) groups is 1. The number of pyridine rings is 1. The smallest absolute Gasteiger partial charge is 0.405 e. The van der Waals surface area contributed by atoms with E-state index in [1.165, 1.54) is 18.6 Å². The Kier molecular flexibility index (Phi) is 2.64. The molecule has 0 aromatic carbocycles. The van der Waals surface area contributed by atoms with Crippen LogP contribution in [-0.4, -0.2) is 20.9 Å². The molecule has 15 heavy (non-hydrogen) atoms. The Labute approximate surface area is 90.3 Å². The highest BCUT2D eigenvalue weighted by atomic mass is 35.5. The summed E-state index contributed by atoms with van der Waals surface area (Å²) in [7, 11) is 0. The van der Waals surface area contributed by atoms with E-state index in [-0.39, 0.29) is 10.9 Å². The first-order valence-corrected chi connectivity index (χ1v) is 4.47. The molecule has 0 fully saturated rings. The molecule has 0 N–H and O–H groups in total. The minimum atomic E-state index is -0.630. The predicted molar refractivity (Wildman–Crippen MR) is 52.9 cm³/mol. The molecular formula is C9H6ClN3O2. The predicted octanol–water partition coefficient (Wildman–Crippen LogP) is 1.98. The number of hydrogen-bond acceptors (Lipinski definition) is 4. The molecule has 0 aliphatic carbocycles. The molecule has 0 saturated heterocycles. The minimum Gasteiger partial charge on any atom is -0.405 e. The first-order valence-electron chi connectivity index (χ1n) is 4.10. The zero-order chi connectivity index (χ0) is 10.7. The van der Waals surface area contributed by atoms with E-state index in [0.717, 1.165) is 4.68 Å². The first kappa shape index (κ1) is 9.67. The fourth-order valence-electron chi connectivity index (χ4n) is 0.965. The summed E-state index contributed by atoms with van der Waals surface area (Å²) in [6.07, 6.45) is 3.83. The van der Waals surface area contributed by atoms with Gasteiger partial charge in [0.25, 0.3) is 0 Å². The molecule has 0 bridgehead atoms. The van der Waals surface area contributed by atoms with E-state index in [4.69, 9.17) is 16.3 Å². The van der Waals surface area contributed by atoms with E-state index in [2.05, 4.69) is 10.1 Å². The Balaban J connectivity index is 2.17. The average Bonchev–Trinajstić information content (AvgIpc) is 2.74. The van der Waals surface area contributed by atoms with Crippen LogP contribution in [0.4, 0.5) is 4.79 Å². The van der Waals surface area contributed by atoms with Gasteiger partial charge in [-0.1, -0.05) is 11.6 Å². The summed E-state index contributed by atoms with van der Waals surface area (Å²) in [6.45, 7) is 0. The molecule has 0 spiro atoms. The SMILES string of the molecule is O=C(Oc1cccnc1Cl)n1cccn1. The Morgan fingerprint density at radius 2 is 2.27 bits per heavy atom. The number of nitrogens with zero attached hydrogens (tertiary/aromatic N) is 3. The van der Waals surface area contributed by atoms with Crippen molar-refractivity contribution in [2.24, 2.45) is 0 Å². The third-order valence-electron chi connectivity index (χ3n) is 1.61. The van der Waals surface area contributed by atoms with Crippen LogP contribution >= 0.6 is 11.6 Å². The van der Waals surface area contributed by atoms with Crippen LogP contribution in [0, 0.1) is 0 Å². The first-order chi connectivity index (χ1) is 7.27. The molecule has 5 nitrogen and oxygen atoms in total. The van der Waals surface area contributed by atoms with Crippen molar-refractivity contribution in [1.82, 2.24) is 14.8 Å². The lowest BCUT2D eigenvalue weighted by Gasteiger charge is -2.03. The van der Waals surface area contributed by atoms with E-state index < -0.39 is 6.09 Å². The molecule has 6 heteroatoms. The highest BCUT2D eigenvalue weighted by Gasteiger charge is 2.10. The second-order valence-corrected chi connectivity index (χ2v) is 2.97. The third-order valence-corrected chi connectivity index (χ3v) is 1.90. The second kappa shape index (κ2) is 4.10. The van der Waals surface area contributed by atoms with Gasteiger partial charge in [-0.3, -0.25) is 0 Å². The molecule has 2 aromatic heterocycles. The van der Waals surface area contributed by atoms with Gasteiger partial charge in [0.2, 0.25) is 0 Å². The normalized spacial score (nSPS) is 9.93. The number of halogens is 1. The van der Waals surface area contributed by atoms with Crippen LogP contribution in [0.3, 0.4) is 0 Å². The van der Waals surface area contributed by atoms with Crippen LogP contribution in [0.2, 0.25) is 5.15 Å². The van der Waals surface area contributed by atoms with Crippen LogP contribution < -0.4 is 4.74 Å². The minimum absolute atomic E-state index is 0.137. The summed E-state index contributed by atoms with van der Waals surface area (Å²) in [5.74, 6) is 0.208. The van der Waals surface area contributed by atoms with Gasteiger partial charge >= 0.3 is 6.09 Å². The van der Waals surface area contributed by atoms with Crippen molar-refractivity contribution in [3.8, 4) is 5.75 Å². The van der Waals surface area contributed by atoms with Crippen molar-refractivity contribution in [2.75, 3.05) is 0 Å². The van der Waals surface area contributed by atoms with Gasteiger partial charge in [-0.25, -0.2) is 9.78 Å². The Bertz CT molecular complexity index is 470. The van der Waals surface area contributed by atoms with Gasteiger partial charge in [-0.05, 0) is 18.2 Å². The molecule has 2 rings (SSSR count). The zero-order valence-electron chi connectivity index (χ0n) is 7.50. The average molecular weight is 224 g/mol.